The van der Waals surface area contributed by atoms with Gasteiger partial charge in [0.2, 0.25) is 0 Å². The zero-order chi connectivity index (χ0) is 47.5. The third-order valence-electron chi connectivity index (χ3n) is 14.2. The highest BCUT2D eigenvalue weighted by Gasteiger charge is 2.23. The molecule has 14 rings (SSSR count). The average Bonchev–Trinajstić information content (AvgIpc) is 4.02. The molecule has 0 unspecified atom stereocenters. The third-order valence-corrected chi connectivity index (χ3v) is 14.2. The summed E-state index contributed by atoms with van der Waals surface area (Å²) >= 11 is 0. The average molecular weight is 921 g/mol. The number of hydrogen-bond acceptors (Lipinski definition) is 4. The summed E-state index contributed by atoms with van der Waals surface area (Å²) < 4.78 is 12.9. The fourth-order valence-electron chi connectivity index (χ4n) is 10.8. The molecule has 0 radical (unpaired) electrons. The van der Waals surface area contributed by atoms with E-state index in [1.54, 1.807) is 0 Å². The molecule has 4 nitrogen and oxygen atoms in total. The maximum absolute atomic E-state index is 6.43. The summed E-state index contributed by atoms with van der Waals surface area (Å²) in [5.41, 5.74) is 16.4. The quantitative estimate of drug-likeness (QED) is 0.135. The highest BCUT2D eigenvalue weighted by Crippen LogP contribution is 2.47. The van der Waals surface area contributed by atoms with Crippen molar-refractivity contribution in [2.45, 2.75) is 0 Å². The van der Waals surface area contributed by atoms with Crippen molar-refractivity contribution >= 4 is 99.5 Å². The number of furan rings is 2. The predicted molar refractivity (Wildman–Crippen MR) is 302 cm³/mol. The monoisotopic (exact) mass is 920 g/mol. The van der Waals surface area contributed by atoms with E-state index in [-0.39, 0.29) is 0 Å². The van der Waals surface area contributed by atoms with Crippen molar-refractivity contribution in [1.29, 1.82) is 0 Å². The molecule has 14 aromatic rings. The zero-order valence-electron chi connectivity index (χ0n) is 39.1. The van der Waals surface area contributed by atoms with Crippen molar-refractivity contribution < 1.29 is 8.83 Å². The molecule has 4 heteroatoms. The van der Waals surface area contributed by atoms with E-state index >= 15 is 0 Å². The van der Waals surface area contributed by atoms with Crippen molar-refractivity contribution in [3.63, 3.8) is 0 Å². The first-order valence-corrected chi connectivity index (χ1v) is 24.5. The number of benzene rings is 12. The second kappa shape index (κ2) is 17.1. The lowest BCUT2D eigenvalue weighted by Gasteiger charge is -2.31. The second-order valence-corrected chi connectivity index (χ2v) is 18.5. The molecule has 0 amide bonds. The molecule has 0 aliphatic heterocycles. The molecule has 72 heavy (non-hydrogen) atoms. The molecule has 2 aromatic heterocycles. The summed E-state index contributed by atoms with van der Waals surface area (Å²) in [5, 5.41) is 9.09. The van der Waals surface area contributed by atoms with E-state index in [9.17, 15) is 0 Å². The van der Waals surface area contributed by atoms with Crippen molar-refractivity contribution in [3.8, 4) is 33.4 Å². The standard InChI is InChI=1S/C68H44N2O2/c1-3-15-45(16-4-1)47-27-31-51(32-28-47)69(52-33-29-48(30-34-52)46-17-5-2-6-18-46)55-39-50(62-41-49-19-7-8-20-57(49)58-21-9-10-22-59(58)62)40-56(42-55)70(53-35-37-67-63(43-53)60-23-11-13-25-65(60)71-67)54-36-38-68-64(44-54)61-24-12-14-26-66(61)72-68/h1-44H. The number of rotatable bonds is 9. The molecule has 0 fully saturated rings. The van der Waals surface area contributed by atoms with Gasteiger partial charge in [0, 0.05) is 55.7 Å². The molecule has 0 aliphatic carbocycles. The van der Waals surface area contributed by atoms with Crippen LogP contribution in [0, 0.1) is 0 Å². The Hall–Kier alpha value is -9.64. The lowest BCUT2D eigenvalue weighted by Crippen LogP contribution is -2.14. The van der Waals surface area contributed by atoms with Crippen LogP contribution in [0.1, 0.15) is 0 Å². The van der Waals surface area contributed by atoms with Crippen molar-refractivity contribution in [3.05, 3.63) is 267 Å². The van der Waals surface area contributed by atoms with Crippen LogP contribution in [0.5, 0.6) is 0 Å². The van der Waals surface area contributed by atoms with Gasteiger partial charge in [-0.25, -0.2) is 0 Å². The molecule has 0 aliphatic rings. The minimum atomic E-state index is 0.845. The Labute approximate surface area is 416 Å². The van der Waals surface area contributed by atoms with Crippen LogP contribution in [0.3, 0.4) is 0 Å². The van der Waals surface area contributed by atoms with Gasteiger partial charge in [-0.05, 0) is 152 Å². The Kier molecular flexibility index (Phi) is 9.82. The van der Waals surface area contributed by atoms with Crippen LogP contribution in [0.15, 0.2) is 276 Å². The molecular weight excluding hydrogens is 877 g/mol. The van der Waals surface area contributed by atoms with Gasteiger partial charge < -0.3 is 18.6 Å². The van der Waals surface area contributed by atoms with E-state index in [4.69, 9.17) is 8.83 Å². The molecule has 0 spiro atoms. The summed E-state index contributed by atoms with van der Waals surface area (Å²) in [6.07, 6.45) is 0. The Bertz CT molecular complexity index is 4130. The van der Waals surface area contributed by atoms with Gasteiger partial charge in [-0.3, -0.25) is 0 Å². The Morgan fingerprint density at radius 3 is 1.12 bits per heavy atom. The summed E-state index contributed by atoms with van der Waals surface area (Å²) in [7, 11) is 0. The summed E-state index contributed by atoms with van der Waals surface area (Å²) in [4.78, 5) is 4.80. The number of fused-ring (bicyclic) bond motifs is 9. The molecule has 2 heterocycles. The van der Waals surface area contributed by atoms with Gasteiger partial charge in [0.1, 0.15) is 22.3 Å². The highest BCUT2D eigenvalue weighted by molar-refractivity contribution is 6.14. The summed E-state index contributed by atoms with van der Waals surface area (Å²) in [6, 6.07) is 95.9. The largest absolute Gasteiger partial charge is 0.456 e. The van der Waals surface area contributed by atoms with Crippen LogP contribution in [0.25, 0.3) is 98.8 Å². The normalized spacial score (nSPS) is 11.6. The van der Waals surface area contributed by atoms with Crippen LogP contribution in [-0.2, 0) is 0 Å². The van der Waals surface area contributed by atoms with Gasteiger partial charge in [-0.1, -0.05) is 170 Å². The Morgan fingerprint density at radius 2 is 0.597 bits per heavy atom. The fourth-order valence-corrected chi connectivity index (χ4v) is 10.8. The van der Waals surface area contributed by atoms with Crippen LogP contribution in [-0.4, -0.2) is 0 Å². The zero-order valence-corrected chi connectivity index (χ0v) is 39.1. The van der Waals surface area contributed by atoms with Gasteiger partial charge in [-0.2, -0.15) is 0 Å². The highest BCUT2D eigenvalue weighted by atomic mass is 16.3. The van der Waals surface area contributed by atoms with Crippen LogP contribution >= 0.6 is 0 Å². The van der Waals surface area contributed by atoms with E-state index in [0.29, 0.717) is 0 Å². The van der Waals surface area contributed by atoms with E-state index in [1.165, 1.54) is 32.7 Å². The first-order chi connectivity index (χ1) is 35.7. The van der Waals surface area contributed by atoms with E-state index in [2.05, 4.69) is 252 Å². The van der Waals surface area contributed by atoms with Crippen LogP contribution in [0.4, 0.5) is 34.1 Å². The van der Waals surface area contributed by atoms with E-state index < -0.39 is 0 Å². The van der Waals surface area contributed by atoms with Gasteiger partial charge in [0.05, 0.1) is 0 Å². The topological polar surface area (TPSA) is 32.8 Å². The fraction of sp³-hybridized carbons (Fsp3) is 0. The van der Waals surface area contributed by atoms with Gasteiger partial charge in [-0.15, -0.1) is 0 Å². The van der Waals surface area contributed by atoms with Crippen LogP contribution < -0.4 is 9.80 Å². The third kappa shape index (κ3) is 7.16. The van der Waals surface area contributed by atoms with Gasteiger partial charge in [0.15, 0.2) is 0 Å². The van der Waals surface area contributed by atoms with Crippen molar-refractivity contribution in [2.24, 2.45) is 0 Å². The molecule has 0 saturated heterocycles. The van der Waals surface area contributed by atoms with Crippen molar-refractivity contribution in [2.75, 3.05) is 9.80 Å². The second-order valence-electron chi connectivity index (χ2n) is 18.5. The predicted octanol–water partition coefficient (Wildman–Crippen LogP) is 19.7. The minimum Gasteiger partial charge on any atom is -0.456 e. The first-order valence-electron chi connectivity index (χ1n) is 24.5. The van der Waals surface area contributed by atoms with Crippen LogP contribution in [0.2, 0.25) is 0 Å². The smallest absolute Gasteiger partial charge is 0.135 e. The maximum atomic E-state index is 6.43. The lowest BCUT2D eigenvalue weighted by atomic mass is 9.92. The summed E-state index contributed by atoms with van der Waals surface area (Å²) in [6.45, 7) is 0. The molecule has 0 saturated carbocycles. The molecule has 0 bridgehead atoms. The minimum absolute atomic E-state index is 0.845. The van der Waals surface area contributed by atoms with E-state index in [0.717, 1.165) is 100 Å². The van der Waals surface area contributed by atoms with Gasteiger partial charge in [0.25, 0.3) is 0 Å². The number of nitrogens with zero attached hydrogens (tertiary/aromatic N) is 2. The van der Waals surface area contributed by atoms with Gasteiger partial charge >= 0.3 is 0 Å². The molecule has 0 N–H and O–H groups in total. The molecular formula is C68H44N2O2. The number of hydrogen-bond donors (Lipinski definition) is 0. The molecule has 338 valence electrons. The maximum Gasteiger partial charge on any atom is 0.135 e. The molecule has 0 atom stereocenters. The number of para-hydroxylation sites is 2. The number of anilines is 6. The first kappa shape index (κ1) is 41.3. The summed E-state index contributed by atoms with van der Waals surface area (Å²) in [5.74, 6) is 0. The lowest BCUT2D eigenvalue weighted by molar-refractivity contribution is 0.668. The van der Waals surface area contributed by atoms with Crippen molar-refractivity contribution in [1.82, 2.24) is 0 Å². The Balaban J connectivity index is 1.05. The Morgan fingerprint density at radius 1 is 0.208 bits per heavy atom. The molecule has 12 aromatic carbocycles. The van der Waals surface area contributed by atoms with E-state index in [1.807, 2.05) is 24.3 Å². The SMILES string of the molecule is c1ccc(-c2ccc(N(c3ccc(-c4ccccc4)cc3)c3cc(-c4cc5ccccc5c5ccccc45)cc(N(c4ccc5oc6ccccc6c5c4)c4ccc5oc6ccccc6c5c4)c3)cc2)cc1.